The summed E-state index contributed by atoms with van der Waals surface area (Å²) in [6.45, 7) is 5.30. The van der Waals surface area contributed by atoms with E-state index < -0.39 is 0 Å². The smallest absolute Gasteiger partial charge is 0.341 e. The van der Waals surface area contributed by atoms with E-state index in [2.05, 4.69) is 9.97 Å². The number of nitrogens with two attached hydrogens (primary N) is 1. The number of hydrogen-bond donors (Lipinski definition) is 1. The number of anilines is 1. The zero-order valence-corrected chi connectivity index (χ0v) is 11.1. The second-order valence-electron chi connectivity index (χ2n) is 3.95. The summed E-state index contributed by atoms with van der Waals surface area (Å²) >= 11 is 0. The Hall–Kier alpha value is -1.69. The molecule has 1 aromatic rings. The van der Waals surface area contributed by atoms with Gasteiger partial charge >= 0.3 is 5.97 Å². The highest BCUT2D eigenvalue weighted by Gasteiger charge is 2.13. The van der Waals surface area contributed by atoms with E-state index in [4.69, 9.17) is 10.5 Å². The van der Waals surface area contributed by atoms with Crippen LogP contribution in [0, 0.1) is 6.92 Å². The minimum absolute atomic E-state index is 0.344. The van der Waals surface area contributed by atoms with Crippen molar-refractivity contribution in [2.24, 2.45) is 5.73 Å². The monoisotopic (exact) mass is 252 g/mol. The van der Waals surface area contributed by atoms with Crippen LogP contribution in [0.15, 0.2) is 6.20 Å². The predicted octanol–water partition coefficient (Wildman–Crippen LogP) is 0.747. The fourth-order valence-corrected chi connectivity index (χ4v) is 1.48. The molecule has 0 fully saturated rings. The fraction of sp³-hybridized carbons (Fsp3) is 0.583. The Morgan fingerprint density at radius 3 is 2.83 bits per heavy atom. The molecule has 0 saturated heterocycles. The Morgan fingerprint density at radius 2 is 2.28 bits per heavy atom. The zero-order chi connectivity index (χ0) is 13.5. The summed E-state index contributed by atoms with van der Waals surface area (Å²) in [5.74, 6) is 0.208. The third-order valence-electron chi connectivity index (χ3n) is 2.50. The molecule has 0 bridgehead atoms. The molecule has 1 rings (SSSR count). The number of esters is 1. The standard InChI is InChI=1S/C12H20N4O2/c1-4-18-11(17)10-8-14-12(15-9(10)2)16(3)7-5-6-13/h8H,4-7,13H2,1-3H3. The summed E-state index contributed by atoms with van der Waals surface area (Å²) in [6, 6.07) is 0. The molecule has 0 aliphatic heterocycles. The topological polar surface area (TPSA) is 81.3 Å². The van der Waals surface area contributed by atoms with Gasteiger partial charge in [0.25, 0.3) is 0 Å². The van der Waals surface area contributed by atoms with Crippen LogP contribution in [0.3, 0.4) is 0 Å². The predicted molar refractivity (Wildman–Crippen MR) is 69.7 cm³/mol. The van der Waals surface area contributed by atoms with Gasteiger partial charge in [0.1, 0.15) is 0 Å². The molecule has 0 unspecified atom stereocenters. The number of ether oxygens (including phenoxy) is 1. The van der Waals surface area contributed by atoms with Gasteiger partial charge < -0.3 is 15.4 Å². The van der Waals surface area contributed by atoms with Crippen LogP contribution in [-0.2, 0) is 4.74 Å². The van der Waals surface area contributed by atoms with Gasteiger partial charge in [-0.25, -0.2) is 14.8 Å². The van der Waals surface area contributed by atoms with E-state index in [1.807, 2.05) is 11.9 Å². The molecule has 0 saturated carbocycles. The minimum Gasteiger partial charge on any atom is -0.462 e. The van der Waals surface area contributed by atoms with E-state index in [0.29, 0.717) is 30.4 Å². The van der Waals surface area contributed by atoms with E-state index in [9.17, 15) is 4.79 Å². The van der Waals surface area contributed by atoms with Crippen molar-refractivity contribution in [3.8, 4) is 0 Å². The molecule has 6 nitrogen and oxygen atoms in total. The molecule has 0 amide bonds. The number of hydrogen-bond acceptors (Lipinski definition) is 6. The first-order valence-corrected chi connectivity index (χ1v) is 6.02. The summed E-state index contributed by atoms with van der Waals surface area (Å²) in [6.07, 6.45) is 2.38. The van der Waals surface area contributed by atoms with Crippen LogP contribution in [0.5, 0.6) is 0 Å². The average molecular weight is 252 g/mol. The van der Waals surface area contributed by atoms with Gasteiger partial charge in [-0.1, -0.05) is 0 Å². The van der Waals surface area contributed by atoms with Gasteiger partial charge in [-0.15, -0.1) is 0 Å². The molecule has 6 heteroatoms. The van der Waals surface area contributed by atoms with E-state index in [-0.39, 0.29) is 5.97 Å². The first-order chi connectivity index (χ1) is 8.60. The highest BCUT2D eigenvalue weighted by molar-refractivity contribution is 5.90. The maximum absolute atomic E-state index is 11.6. The Balaban J connectivity index is 2.81. The van der Waals surface area contributed by atoms with Crippen LogP contribution in [-0.4, -0.2) is 42.7 Å². The number of aromatic nitrogens is 2. The lowest BCUT2D eigenvalue weighted by Gasteiger charge is -2.17. The van der Waals surface area contributed by atoms with Crippen LogP contribution < -0.4 is 10.6 Å². The molecule has 1 heterocycles. The number of nitrogens with zero attached hydrogens (tertiary/aromatic N) is 3. The molecule has 2 N–H and O–H groups in total. The van der Waals surface area contributed by atoms with Gasteiger partial charge in [0.15, 0.2) is 0 Å². The second kappa shape index (κ2) is 6.90. The number of rotatable bonds is 6. The van der Waals surface area contributed by atoms with Crippen LogP contribution >= 0.6 is 0 Å². The maximum Gasteiger partial charge on any atom is 0.341 e. The van der Waals surface area contributed by atoms with Gasteiger partial charge in [0.05, 0.1) is 17.9 Å². The molecule has 0 radical (unpaired) electrons. The van der Waals surface area contributed by atoms with Crippen molar-refractivity contribution in [1.29, 1.82) is 0 Å². The van der Waals surface area contributed by atoms with E-state index in [0.717, 1.165) is 13.0 Å². The van der Waals surface area contributed by atoms with Crippen LogP contribution in [0.2, 0.25) is 0 Å². The first-order valence-electron chi connectivity index (χ1n) is 6.02. The summed E-state index contributed by atoms with van der Waals surface area (Å²) in [4.78, 5) is 22.0. The van der Waals surface area contributed by atoms with Crippen molar-refractivity contribution >= 4 is 11.9 Å². The highest BCUT2D eigenvalue weighted by Crippen LogP contribution is 2.11. The van der Waals surface area contributed by atoms with E-state index >= 15 is 0 Å². The Bertz CT molecular complexity index is 409. The second-order valence-corrected chi connectivity index (χ2v) is 3.95. The molecule has 0 aliphatic carbocycles. The summed E-state index contributed by atoms with van der Waals surface area (Å²) in [5.41, 5.74) is 6.49. The van der Waals surface area contributed by atoms with Crippen molar-refractivity contribution < 1.29 is 9.53 Å². The molecule has 18 heavy (non-hydrogen) atoms. The van der Waals surface area contributed by atoms with Crippen molar-refractivity contribution in [3.63, 3.8) is 0 Å². The van der Waals surface area contributed by atoms with Gasteiger partial charge in [0.2, 0.25) is 5.95 Å². The number of carbonyl (C=O) groups is 1. The molecule has 0 aromatic carbocycles. The molecule has 0 atom stereocenters. The summed E-state index contributed by atoms with van der Waals surface area (Å²) in [5, 5.41) is 0. The molecule has 100 valence electrons. The summed E-state index contributed by atoms with van der Waals surface area (Å²) in [7, 11) is 1.90. The highest BCUT2D eigenvalue weighted by atomic mass is 16.5. The van der Waals surface area contributed by atoms with Crippen molar-refractivity contribution in [2.45, 2.75) is 20.3 Å². The van der Waals surface area contributed by atoms with Crippen molar-refractivity contribution in [2.75, 3.05) is 31.6 Å². The molecule has 0 spiro atoms. The lowest BCUT2D eigenvalue weighted by atomic mass is 10.2. The Labute approximate surface area is 107 Å². The molecule has 1 aromatic heterocycles. The largest absolute Gasteiger partial charge is 0.462 e. The zero-order valence-electron chi connectivity index (χ0n) is 11.1. The summed E-state index contributed by atoms with van der Waals surface area (Å²) < 4.78 is 4.92. The van der Waals surface area contributed by atoms with Crippen LogP contribution in [0.1, 0.15) is 29.4 Å². The van der Waals surface area contributed by atoms with Gasteiger partial charge in [-0.3, -0.25) is 0 Å². The molecular weight excluding hydrogens is 232 g/mol. The lowest BCUT2D eigenvalue weighted by Crippen LogP contribution is -2.24. The Kier molecular flexibility index (Phi) is 5.51. The fourth-order valence-electron chi connectivity index (χ4n) is 1.48. The van der Waals surface area contributed by atoms with Gasteiger partial charge in [0, 0.05) is 19.8 Å². The minimum atomic E-state index is -0.383. The first kappa shape index (κ1) is 14.4. The quantitative estimate of drug-likeness (QED) is 0.752. The van der Waals surface area contributed by atoms with Gasteiger partial charge in [-0.2, -0.15) is 0 Å². The third kappa shape index (κ3) is 3.66. The SMILES string of the molecule is CCOC(=O)c1cnc(N(C)CCCN)nc1C. The maximum atomic E-state index is 11.6. The number of aryl methyl sites for hydroxylation is 1. The van der Waals surface area contributed by atoms with E-state index in [1.165, 1.54) is 6.20 Å². The van der Waals surface area contributed by atoms with Crippen LogP contribution in [0.4, 0.5) is 5.95 Å². The lowest BCUT2D eigenvalue weighted by molar-refractivity contribution is 0.0524. The normalized spacial score (nSPS) is 10.2. The third-order valence-corrected chi connectivity index (χ3v) is 2.50. The Morgan fingerprint density at radius 1 is 1.56 bits per heavy atom. The number of carbonyl (C=O) groups excluding carboxylic acids is 1. The van der Waals surface area contributed by atoms with Crippen molar-refractivity contribution in [1.82, 2.24) is 9.97 Å². The van der Waals surface area contributed by atoms with Crippen molar-refractivity contribution in [3.05, 3.63) is 17.5 Å². The van der Waals surface area contributed by atoms with E-state index in [1.54, 1.807) is 13.8 Å². The molecule has 0 aliphatic rings. The molecular formula is C12H20N4O2. The van der Waals surface area contributed by atoms with Crippen LogP contribution in [0.25, 0.3) is 0 Å². The average Bonchev–Trinajstić information content (AvgIpc) is 2.35. The van der Waals surface area contributed by atoms with Gasteiger partial charge in [-0.05, 0) is 26.8 Å².